The van der Waals surface area contributed by atoms with Gasteiger partial charge in [0.25, 0.3) is 5.69 Å². The normalized spacial score (nSPS) is 14.3. The minimum absolute atomic E-state index is 0.111. The fourth-order valence-electron chi connectivity index (χ4n) is 2.80. The number of benzene rings is 1. The van der Waals surface area contributed by atoms with Gasteiger partial charge in [-0.25, -0.2) is 9.37 Å². The van der Waals surface area contributed by atoms with E-state index in [2.05, 4.69) is 11.1 Å². The molecule has 1 fully saturated rings. The zero-order valence-corrected chi connectivity index (χ0v) is 12.7. The molecule has 3 rings (SSSR count). The van der Waals surface area contributed by atoms with E-state index in [1.807, 2.05) is 4.90 Å². The first-order chi connectivity index (χ1) is 11.6. The summed E-state index contributed by atoms with van der Waals surface area (Å²) in [4.78, 5) is 18.6. The van der Waals surface area contributed by atoms with E-state index in [4.69, 9.17) is 5.26 Å². The van der Waals surface area contributed by atoms with Crippen LogP contribution >= 0.6 is 0 Å². The Morgan fingerprint density at radius 2 is 1.92 bits per heavy atom. The van der Waals surface area contributed by atoms with Gasteiger partial charge >= 0.3 is 0 Å². The zero-order valence-electron chi connectivity index (χ0n) is 12.7. The van der Waals surface area contributed by atoms with Crippen LogP contribution in [0.15, 0.2) is 36.5 Å². The van der Waals surface area contributed by atoms with Crippen molar-refractivity contribution in [1.29, 1.82) is 5.26 Å². The maximum atomic E-state index is 13.5. The summed E-state index contributed by atoms with van der Waals surface area (Å²) in [7, 11) is 0. The lowest BCUT2D eigenvalue weighted by Crippen LogP contribution is -2.47. The molecule has 0 spiro atoms. The van der Waals surface area contributed by atoms with Gasteiger partial charge in [-0.1, -0.05) is 0 Å². The maximum absolute atomic E-state index is 13.5. The minimum Gasteiger partial charge on any atom is -0.362 e. The highest BCUT2D eigenvalue weighted by Crippen LogP contribution is 2.30. The van der Waals surface area contributed by atoms with E-state index in [-0.39, 0.29) is 11.4 Å². The molecular formula is C16H14FN5O2. The van der Waals surface area contributed by atoms with Crippen molar-refractivity contribution < 1.29 is 9.31 Å². The number of halogens is 1. The molecule has 1 aromatic carbocycles. The predicted octanol–water partition coefficient (Wildman–Crippen LogP) is 2.33. The third kappa shape index (κ3) is 2.96. The van der Waals surface area contributed by atoms with Crippen LogP contribution in [0.4, 0.5) is 21.6 Å². The molecule has 0 amide bonds. The summed E-state index contributed by atoms with van der Waals surface area (Å²) in [6.07, 6.45) is 1.62. The summed E-state index contributed by atoms with van der Waals surface area (Å²) in [5.74, 6) is 0.0999. The molecule has 0 aliphatic carbocycles. The van der Waals surface area contributed by atoms with Crippen LogP contribution in [0.2, 0.25) is 0 Å². The number of nitriles is 1. The lowest BCUT2D eigenvalue weighted by atomic mass is 10.2. The lowest BCUT2D eigenvalue weighted by molar-refractivity contribution is -0.384. The Balaban J connectivity index is 1.80. The number of hydrogen-bond donors (Lipinski definition) is 0. The van der Waals surface area contributed by atoms with Gasteiger partial charge in [-0.15, -0.1) is 0 Å². The highest BCUT2D eigenvalue weighted by molar-refractivity contribution is 5.64. The van der Waals surface area contributed by atoms with Gasteiger partial charge in [-0.3, -0.25) is 10.1 Å². The van der Waals surface area contributed by atoms with Crippen LogP contribution in [0.5, 0.6) is 0 Å². The van der Waals surface area contributed by atoms with Gasteiger partial charge in [0.2, 0.25) is 0 Å². The summed E-state index contributed by atoms with van der Waals surface area (Å²) >= 11 is 0. The Morgan fingerprint density at radius 1 is 1.21 bits per heavy atom. The molecule has 0 unspecified atom stereocenters. The molecule has 0 saturated carbocycles. The van der Waals surface area contributed by atoms with Gasteiger partial charge in [0.05, 0.1) is 10.5 Å². The van der Waals surface area contributed by atoms with Crippen molar-refractivity contribution >= 4 is 17.2 Å². The average molecular weight is 327 g/mol. The Morgan fingerprint density at radius 3 is 2.58 bits per heavy atom. The Hall–Kier alpha value is -3.21. The van der Waals surface area contributed by atoms with Crippen LogP contribution in [-0.4, -0.2) is 36.1 Å². The van der Waals surface area contributed by atoms with Crippen LogP contribution in [0.1, 0.15) is 5.56 Å². The van der Waals surface area contributed by atoms with E-state index in [1.165, 1.54) is 12.1 Å². The van der Waals surface area contributed by atoms with Gasteiger partial charge < -0.3 is 9.80 Å². The molecule has 1 saturated heterocycles. The van der Waals surface area contributed by atoms with E-state index < -0.39 is 10.7 Å². The summed E-state index contributed by atoms with van der Waals surface area (Å²) in [5, 5.41) is 20.3. The molecule has 1 aromatic heterocycles. The summed E-state index contributed by atoms with van der Waals surface area (Å²) in [6, 6.07) is 8.98. The highest BCUT2D eigenvalue weighted by atomic mass is 19.1. The molecule has 0 atom stereocenters. The Kier molecular flexibility index (Phi) is 4.24. The quantitative estimate of drug-likeness (QED) is 0.635. The fraction of sp³-hybridized carbons (Fsp3) is 0.250. The second-order valence-electron chi connectivity index (χ2n) is 5.35. The molecule has 1 aliphatic heterocycles. The lowest BCUT2D eigenvalue weighted by Gasteiger charge is -2.36. The van der Waals surface area contributed by atoms with Crippen molar-refractivity contribution in [1.82, 2.24) is 4.98 Å². The van der Waals surface area contributed by atoms with Crippen molar-refractivity contribution in [2.75, 3.05) is 36.0 Å². The number of nitrogens with zero attached hydrogens (tertiary/aromatic N) is 5. The Bertz CT molecular complexity index is 812. The first kappa shape index (κ1) is 15.7. The second-order valence-corrected chi connectivity index (χ2v) is 5.35. The smallest absolute Gasteiger partial charge is 0.292 e. The highest BCUT2D eigenvalue weighted by Gasteiger charge is 2.25. The van der Waals surface area contributed by atoms with E-state index in [0.717, 1.165) is 6.07 Å². The average Bonchev–Trinajstić information content (AvgIpc) is 2.61. The van der Waals surface area contributed by atoms with Crippen molar-refractivity contribution in [3.8, 4) is 6.07 Å². The third-order valence-corrected chi connectivity index (χ3v) is 3.96. The molecule has 24 heavy (non-hydrogen) atoms. The largest absolute Gasteiger partial charge is 0.362 e. The van der Waals surface area contributed by atoms with Crippen LogP contribution < -0.4 is 9.80 Å². The topological polar surface area (TPSA) is 86.3 Å². The van der Waals surface area contributed by atoms with Crippen molar-refractivity contribution in [3.05, 3.63) is 58.0 Å². The van der Waals surface area contributed by atoms with E-state index in [1.54, 1.807) is 23.2 Å². The minimum atomic E-state index is -0.506. The van der Waals surface area contributed by atoms with Crippen molar-refractivity contribution in [2.24, 2.45) is 0 Å². The van der Waals surface area contributed by atoms with Gasteiger partial charge in [0, 0.05) is 44.5 Å². The van der Waals surface area contributed by atoms with Crippen molar-refractivity contribution in [2.45, 2.75) is 0 Å². The van der Waals surface area contributed by atoms with Crippen LogP contribution in [0, 0.1) is 27.3 Å². The number of rotatable bonds is 3. The number of nitro benzene ring substituents is 1. The molecule has 122 valence electrons. The number of aromatic nitrogens is 1. The molecule has 0 N–H and O–H groups in total. The second kappa shape index (κ2) is 6.50. The zero-order chi connectivity index (χ0) is 17.1. The predicted molar refractivity (Wildman–Crippen MR) is 86.4 cm³/mol. The standard InChI is InChI=1S/C16H14FN5O2/c17-13-3-4-14(22(23)24)15(10-13)20-6-8-21(9-7-20)16-12(11-18)2-1-5-19-16/h1-5,10H,6-9H2. The number of hydrogen-bond acceptors (Lipinski definition) is 6. The van der Waals surface area contributed by atoms with Gasteiger partial charge in [-0.2, -0.15) is 5.26 Å². The number of pyridine rings is 1. The fourth-order valence-corrected chi connectivity index (χ4v) is 2.80. The third-order valence-electron chi connectivity index (χ3n) is 3.96. The SMILES string of the molecule is N#Cc1cccnc1N1CCN(c2cc(F)ccc2[N+](=O)[O-])CC1. The number of piperazine rings is 1. The maximum Gasteiger partial charge on any atom is 0.292 e. The van der Waals surface area contributed by atoms with Crippen LogP contribution in [0.25, 0.3) is 0 Å². The molecule has 2 aromatic rings. The van der Waals surface area contributed by atoms with Crippen LogP contribution in [0.3, 0.4) is 0 Å². The first-order valence-electron chi connectivity index (χ1n) is 7.39. The van der Waals surface area contributed by atoms with E-state index in [9.17, 15) is 14.5 Å². The monoisotopic (exact) mass is 327 g/mol. The Labute approximate surface area is 137 Å². The van der Waals surface area contributed by atoms with Gasteiger partial charge in [0.1, 0.15) is 23.4 Å². The summed E-state index contributed by atoms with van der Waals surface area (Å²) in [5.41, 5.74) is 0.657. The molecular weight excluding hydrogens is 313 g/mol. The first-order valence-corrected chi connectivity index (χ1v) is 7.39. The summed E-state index contributed by atoms with van der Waals surface area (Å²) < 4.78 is 13.5. The molecule has 0 radical (unpaired) electrons. The molecule has 7 nitrogen and oxygen atoms in total. The van der Waals surface area contributed by atoms with Crippen LogP contribution in [-0.2, 0) is 0 Å². The van der Waals surface area contributed by atoms with Crippen molar-refractivity contribution in [3.63, 3.8) is 0 Å². The van der Waals surface area contributed by atoms with E-state index >= 15 is 0 Å². The molecule has 2 heterocycles. The van der Waals surface area contributed by atoms with E-state index in [0.29, 0.717) is 37.6 Å². The molecule has 0 bridgehead atoms. The molecule has 1 aliphatic rings. The van der Waals surface area contributed by atoms with Gasteiger partial charge in [0.15, 0.2) is 0 Å². The van der Waals surface area contributed by atoms with Gasteiger partial charge in [-0.05, 0) is 18.2 Å². The number of nitro groups is 1. The molecule has 8 heteroatoms. The summed E-state index contributed by atoms with van der Waals surface area (Å²) in [6.45, 7) is 2.04. The number of anilines is 2.